The molecule has 20 heavy (non-hydrogen) atoms. The third kappa shape index (κ3) is 3.00. The van der Waals surface area contributed by atoms with E-state index in [0.717, 1.165) is 5.82 Å². The zero-order chi connectivity index (χ0) is 14.8. The quantitative estimate of drug-likeness (QED) is 0.740. The molecule has 0 aromatic carbocycles. The van der Waals surface area contributed by atoms with E-state index in [2.05, 4.69) is 9.97 Å². The van der Waals surface area contributed by atoms with Crippen LogP contribution in [0.4, 0.5) is 5.82 Å². The molecule has 1 aromatic rings. The van der Waals surface area contributed by atoms with Crippen LogP contribution in [0.3, 0.4) is 0 Å². The van der Waals surface area contributed by atoms with Crippen molar-refractivity contribution in [3.05, 3.63) is 12.3 Å². The summed E-state index contributed by atoms with van der Waals surface area (Å²) in [5, 5.41) is 0. The summed E-state index contributed by atoms with van der Waals surface area (Å²) < 4.78 is 31.7. The fourth-order valence-corrected chi connectivity index (χ4v) is 3.07. The van der Waals surface area contributed by atoms with Crippen LogP contribution >= 0.6 is 0 Å². The van der Waals surface area contributed by atoms with Crippen molar-refractivity contribution in [3.8, 4) is 6.01 Å². The number of nitrogens with zero attached hydrogens (tertiary/aromatic N) is 5. The lowest BCUT2D eigenvalue weighted by Gasteiger charge is -2.35. The summed E-state index contributed by atoms with van der Waals surface area (Å²) in [5.74, 6) is 0.749. The average molecular weight is 301 g/mol. The second-order valence-corrected chi connectivity index (χ2v) is 6.72. The predicted molar refractivity (Wildman–Crippen MR) is 75.0 cm³/mol. The molecular formula is C11H19N5O3S. The topological polar surface area (TPSA) is 78.9 Å². The molecule has 1 aliphatic rings. The molecule has 0 N–H and O–H groups in total. The van der Waals surface area contributed by atoms with Gasteiger partial charge >= 0.3 is 6.01 Å². The molecule has 0 atom stereocenters. The van der Waals surface area contributed by atoms with Crippen molar-refractivity contribution in [3.63, 3.8) is 0 Å². The molecule has 0 radical (unpaired) electrons. The molecule has 0 spiro atoms. The Balaban J connectivity index is 2.04. The number of rotatable bonds is 4. The Morgan fingerprint density at radius 2 is 1.90 bits per heavy atom. The molecule has 9 heteroatoms. The van der Waals surface area contributed by atoms with Crippen LogP contribution in [0.15, 0.2) is 12.3 Å². The van der Waals surface area contributed by atoms with Crippen LogP contribution in [0, 0.1) is 0 Å². The van der Waals surface area contributed by atoms with Crippen LogP contribution in [0.1, 0.15) is 0 Å². The minimum Gasteiger partial charge on any atom is -0.467 e. The van der Waals surface area contributed by atoms with Gasteiger partial charge in [0.05, 0.1) is 7.11 Å². The molecule has 8 nitrogen and oxygen atoms in total. The van der Waals surface area contributed by atoms with Crippen molar-refractivity contribution in [2.24, 2.45) is 0 Å². The number of ether oxygens (including phenoxy) is 1. The number of methoxy groups -OCH3 is 1. The number of aromatic nitrogens is 2. The van der Waals surface area contributed by atoms with E-state index in [4.69, 9.17) is 4.74 Å². The summed E-state index contributed by atoms with van der Waals surface area (Å²) in [6.45, 7) is 2.06. The highest BCUT2D eigenvalue weighted by Gasteiger charge is 2.28. The van der Waals surface area contributed by atoms with Crippen molar-refractivity contribution in [2.45, 2.75) is 0 Å². The second kappa shape index (κ2) is 5.90. The smallest absolute Gasteiger partial charge is 0.318 e. The van der Waals surface area contributed by atoms with Crippen LogP contribution in [-0.2, 0) is 10.2 Å². The first-order valence-corrected chi connectivity index (χ1v) is 7.64. The van der Waals surface area contributed by atoms with Crippen LogP contribution in [0.2, 0.25) is 0 Å². The van der Waals surface area contributed by atoms with Gasteiger partial charge in [-0.1, -0.05) is 0 Å². The fourth-order valence-electron chi connectivity index (χ4n) is 1.99. The second-order valence-electron chi connectivity index (χ2n) is 4.58. The summed E-state index contributed by atoms with van der Waals surface area (Å²) in [4.78, 5) is 10.2. The van der Waals surface area contributed by atoms with E-state index >= 15 is 0 Å². The van der Waals surface area contributed by atoms with Gasteiger partial charge in [0.15, 0.2) is 0 Å². The Bertz CT molecular complexity index is 555. The minimum absolute atomic E-state index is 0.311. The van der Waals surface area contributed by atoms with Gasteiger partial charge < -0.3 is 9.64 Å². The highest BCUT2D eigenvalue weighted by atomic mass is 32.2. The molecule has 1 aromatic heterocycles. The molecular weight excluding hydrogens is 282 g/mol. The first-order chi connectivity index (χ1) is 9.45. The van der Waals surface area contributed by atoms with E-state index in [9.17, 15) is 8.42 Å². The maximum absolute atomic E-state index is 12.0. The van der Waals surface area contributed by atoms with Crippen molar-refractivity contribution >= 4 is 16.0 Å². The summed E-state index contributed by atoms with van der Waals surface area (Å²) >= 11 is 0. The Morgan fingerprint density at radius 1 is 1.25 bits per heavy atom. The first-order valence-electron chi connectivity index (χ1n) is 6.24. The third-order valence-electron chi connectivity index (χ3n) is 3.15. The number of hydrogen-bond acceptors (Lipinski definition) is 6. The monoisotopic (exact) mass is 301 g/mol. The highest BCUT2D eigenvalue weighted by Crippen LogP contribution is 2.17. The van der Waals surface area contributed by atoms with Crippen molar-refractivity contribution in [1.29, 1.82) is 0 Å². The average Bonchev–Trinajstić information content (AvgIpc) is 2.47. The standard InChI is InChI=1S/C11H19N5O3S/c1-14(2)20(17,18)16-8-6-15(7-9-16)10-4-5-12-11(13-10)19-3/h4-5H,6-9H2,1-3H3. The van der Waals surface area contributed by atoms with Gasteiger partial charge in [-0.15, -0.1) is 0 Å². The molecule has 0 aliphatic carbocycles. The molecule has 0 amide bonds. The van der Waals surface area contributed by atoms with Gasteiger partial charge in [0.2, 0.25) is 0 Å². The Labute approximate surface area is 119 Å². The lowest BCUT2D eigenvalue weighted by Crippen LogP contribution is -2.51. The van der Waals surface area contributed by atoms with Crippen molar-refractivity contribution in [1.82, 2.24) is 18.6 Å². The molecule has 1 aliphatic heterocycles. The van der Waals surface area contributed by atoms with Crippen molar-refractivity contribution < 1.29 is 13.2 Å². The fraction of sp³-hybridized carbons (Fsp3) is 0.636. The predicted octanol–water partition coefficient (Wildman–Crippen LogP) is -0.586. The third-order valence-corrected chi connectivity index (χ3v) is 5.09. The normalized spacial score (nSPS) is 17.5. The molecule has 0 unspecified atom stereocenters. The van der Waals surface area contributed by atoms with E-state index in [1.54, 1.807) is 12.3 Å². The minimum atomic E-state index is -3.34. The van der Waals surface area contributed by atoms with E-state index < -0.39 is 10.2 Å². The van der Waals surface area contributed by atoms with Gasteiger partial charge in [0.1, 0.15) is 5.82 Å². The number of hydrogen-bond donors (Lipinski definition) is 0. The van der Waals surface area contributed by atoms with Gasteiger partial charge in [0, 0.05) is 46.5 Å². The molecule has 2 heterocycles. The largest absolute Gasteiger partial charge is 0.467 e. The van der Waals surface area contributed by atoms with E-state index in [1.807, 2.05) is 4.90 Å². The zero-order valence-electron chi connectivity index (χ0n) is 11.9. The Hall–Kier alpha value is -1.45. The lowest BCUT2D eigenvalue weighted by molar-refractivity contribution is 0.352. The highest BCUT2D eigenvalue weighted by molar-refractivity contribution is 7.86. The SMILES string of the molecule is COc1nccc(N2CCN(S(=O)(=O)N(C)C)CC2)n1. The van der Waals surface area contributed by atoms with Gasteiger partial charge in [-0.3, -0.25) is 0 Å². The maximum atomic E-state index is 12.0. The summed E-state index contributed by atoms with van der Waals surface area (Å²) in [6.07, 6.45) is 1.63. The molecule has 1 fully saturated rings. The zero-order valence-corrected chi connectivity index (χ0v) is 12.7. The Morgan fingerprint density at radius 3 is 2.45 bits per heavy atom. The number of piperazine rings is 1. The molecule has 0 bridgehead atoms. The van der Waals surface area contributed by atoms with E-state index in [0.29, 0.717) is 32.2 Å². The van der Waals surface area contributed by atoms with Gasteiger partial charge in [0.25, 0.3) is 10.2 Å². The van der Waals surface area contributed by atoms with Crippen LogP contribution in [-0.4, -0.2) is 74.4 Å². The summed E-state index contributed by atoms with van der Waals surface area (Å²) in [7, 11) is 1.26. The van der Waals surface area contributed by atoms with Crippen LogP contribution < -0.4 is 9.64 Å². The molecule has 0 saturated carbocycles. The molecule has 2 rings (SSSR count). The van der Waals surface area contributed by atoms with Gasteiger partial charge in [-0.25, -0.2) is 4.98 Å². The maximum Gasteiger partial charge on any atom is 0.318 e. The van der Waals surface area contributed by atoms with Gasteiger partial charge in [-0.05, 0) is 6.07 Å². The lowest BCUT2D eigenvalue weighted by atomic mass is 10.3. The summed E-state index contributed by atoms with van der Waals surface area (Å²) in [5.41, 5.74) is 0. The van der Waals surface area contributed by atoms with Crippen molar-refractivity contribution in [2.75, 3.05) is 52.3 Å². The van der Waals surface area contributed by atoms with Gasteiger partial charge in [-0.2, -0.15) is 22.0 Å². The first kappa shape index (κ1) is 14.9. The Kier molecular flexibility index (Phi) is 4.41. The van der Waals surface area contributed by atoms with Crippen LogP contribution in [0.25, 0.3) is 0 Å². The summed E-state index contributed by atoms with van der Waals surface area (Å²) in [6, 6.07) is 2.10. The number of anilines is 1. The van der Waals surface area contributed by atoms with E-state index in [1.165, 1.54) is 29.8 Å². The van der Waals surface area contributed by atoms with E-state index in [-0.39, 0.29) is 0 Å². The molecule has 112 valence electrons. The molecule has 1 saturated heterocycles. The van der Waals surface area contributed by atoms with Crippen LogP contribution in [0.5, 0.6) is 6.01 Å².